The molecular formula is C57H94O12. The summed E-state index contributed by atoms with van der Waals surface area (Å²) in [5.74, 6) is -3.18. The monoisotopic (exact) mass is 971 g/mol. The lowest BCUT2D eigenvalue weighted by Gasteiger charge is -2.40. The Hall–Kier alpha value is -3.84. The molecule has 1 heterocycles. The molecule has 12 nitrogen and oxygen atoms in total. The number of carbonyl (C=O) groups is 4. The summed E-state index contributed by atoms with van der Waals surface area (Å²) in [5.41, 5.74) is 0. The predicted molar refractivity (Wildman–Crippen MR) is 275 cm³/mol. The standard InChI is InChI=1S/C57H94O12/c1-4-7-10-13-16-19-22-23-24-25-26-27-30-33-36-39-42-45-51(60)68-55-53(62)52(61)54(56(63)64)69-57(55)66-47-48(67-50(59)44-41-38-35-32-29-21-18-15-12-9-6-3)46-65-49(58)43-40-37-34-31-28-20-17-14-11-8-5-2/h7,10,14-19,23-24,26-27,48,52-55,57,61-62H,4-6,8-9,11-13,20-22,25,28-47H2,1-3H3,(H,63,64)/b10-7-,17-14-,18-15-,19-16-,24-23-,27-26-. The lowest BCUT2D eigenvalue weighted by atomic mass is 9.98. The van der Waals surface area contributed by atoms with Gasteiger partial charge in [-0.05, 0) is 96.3 Å². The van der Waals surface area contributed by atoms with Crippen LogP contribution in [0.25, 0.3) is 0 Å². The smallest absolute Gasteiger partial charge is 0.335 e. The van der Waals surface area contributed by atoms with Crippen LogP contribution in [0.2, 0.25) is 0 Å². The summed E-state index contributed by atoms with van der Waals surface area (Å²) >= 11 is 0. The van der Waals surface area contributed by atoms with Gasteiger partial charge in [0.15, 0.2) is 24.6 Å². The van der Waals surface area contributed by atoms with Crippen LogP contribution in [0.15, 0.2) is 72.9 Å². The molecule has 1 rings (SSSR count). The number of aliphatic carboxylic acids is 1. The molecule has 0 aromatic rings. The zero-order valence-corrected chi connectivity index (χ0v) is 43.0. The molecule has 69 heavy (non-hydrogen) atoms. The number of rotatable bonds is 44. The van der Waals surface area contributed by atoms with E-state index in [2.05, 4.69) is 93.7 Å². The van der Waals surface area contributed by atoms with Gasteiger partial charge in [0.1, 0.15) is 18.8 Å². The molecule has 0 radical (unpaired) electrons. The summed E-state index contributed by atoms with van der Waals surface area (Å²) in [6, 6.07) is 0. The van der Waals surface area contributed by atoms with Gasteiger partial charge in [0, 0.05) is 19.3 Å². The summed E-state index contributed by atoms with van der Waals surface area (Å²) < 4.78 is 28.3. The fraction of sp³-hybridized carbons (Fsp3) is 0.719. The zero-order chi connectivity index (χ0) is 50.4. The first-order valence-electron chi connectivity index (χ1n) is 26.9. The van der Waals surface area contributed by atoms with E-state index < -0.39 is 67.3 Å². The normalized spacial score (nSPS) is 19.2. The van der Waals surface area contributed by atoms with Crippen LogP contribution in [0.3, 0.4) is 0 Å². The molecule has 0 saturated carbocycles. The van der Waals surface area contributed by atoms with E-state index in [-0.39, 0.29) is 25.9 Å². The molecule has 12 heteroatoms. The first kappa shape index (κ1) is 63.2. The third-order valence-corrected chi connectivity index (χ3v) is 11.7. The lowest BCUT2D eigenvalue weighted by molar-refractivity contribution is -0.301. The van der Waals surface area contributed by atoms with Gasteiger partial charge in [-0.1, -0.05) is 171 Å². The highest BCUT2D eigenvalue weighted by molar-refractivity contribution is 5.74. The van der Waals surface area contributed by atoms with Gasteiger partial charge >= 0.3 is 23.9 Å². The summed E-state index contributed by atoms with van der Waals surface area (Å²) in [6.07, 6.45) is 43.2. The van der Waals surface area contributed by atoms with E-state index in [1.807, 2.05) is 0 Å². The van der Waals surface area contributed by atoms with E-state index in [1.165, 1.54) is 25.7 Å². The van der Waals surface area contributed by atoms with E-state index in [9.17, 15) is 34.5 Å². The lowest BCUT2D eigenvalue weighted by Crippen LogP contribution is -2.61. The number of carboxylic acid groups (broad SMARTS) is 1. The molecule has 6 atom stereocenters. The third-order valence-electron chi connectivity index (χ3n) is 11.7. The summed E-state index contributed by atoms with van der Waals surface area (Å²) in [5, 5.41) is 31.4. The van der Waals surface area contributed by atoms with Crippen LogP contribution in [0.1, 0.15) is 213 Å². The fourth-order valence-corrected chi connectivity index (χ4v) is 7.55. The minimum Gasteiger partial charge on any atom is -0.479 e. The topological polar surface area (TPSA) is 175 Å². The Balaban J connectivity index is 2.73. The van der Waals surface area contributed by atoms with Gasteiger partial charge in [0.25, 0.3) is 0 Å². The maximum Gasteiger partial charge on any atom is 0.335 e. The van der Waals surface area contributed by atoms with Gasteiger partial charge in [0.05, 0.1) is 6.61 Å². The second-order valence-electron chi connectivity index (χ2n) is 18.1. The summed E-state index contributed by atoms with van der Waals surface area (Å²) in [7, 11) is 0. The number of hydrogen-bond donors (Lipinski definition) is 3. The number of aliphatic hydroxyl groups excluding tert-OH is 2. The molecule has 0 amide bonds. The summed E-state index contributed by atoms with van der Waals surface area (Å²) in [6.45, 7) is 5.75. The molecule has 394 valence electrons. The molecule has 0 spiro atoms. The number of ether oxygens (including phenoxy) is 5. The van der Waals surface area contributed by atoms with Crippen LogP contribution in [-0.4, -0.2) is 89.2 Å². The highest BCUT2D eigenvalue weighted by Gasteiger charge is 2.50. The number of carboxylic acids is 1. The highest BCUT2D eigenvalue weighted by Crippen LogP contribution is 2.26. The van der Waals surface area contributed by atoms with E-state index >= 15 is 0 Å². The second-order valence-corrected chi connectivity index (χ2v) is 18.1. The van der Waals surface area contributed by atoms with Crippen molar-refractivity contribution in [1.29, 1.82) is 0 Å². The van der Waals surface area contributed by atoms with Crippen LogP contribution >= 0.6 is 0 Å². The van der Waals surface area contributed by atoms with Gasteiger partial charge in [-0.2, -0.15) is 0 Å². The minimum absolute atomic E-state index is 0.0289. The predicted octanol–water partition coefficient (Wildman–Crippen LogP) is 13.0. The van der Waals surface area contributed by atoms with Gasteiger partial charge in [-0.3, -0.25) is 14.4 Å². The first-order chi connectivity index (χ1) is 33.6. The minimum atomic E-state index is -1.91. The number of hydrogen-bond acceptors (Lipinski definition) is 11. The molecular weight excluding hydrogens is 877 g/mol. The van der Waals surface area contributed by atoms with Crippen LogP contribution in [0, 0.1) is 0 Å². The maximum atomic E-state index is 13.0. The van der Waals surface area contributed by atoms with Crippen LogP contribution < -0.4 is 0 Å². The van der Waals surface area contributed by atoms with E-state index in [1.54, 1.807) is 0 Å². The van der Waals surface area contributed by atoms with E-state index in [4.69, 9.17) is 23.7 Å². The molecule has 0 bridgehead atoms. The molecule has 3 N–H and O–H groups in total. The Morgan fingerprint density at radius 1 is 0.493 bits per heavy atom. The van der Waals surface area contributed by atoms with Crippen LogP contribution in [-0.2, 0) is 42.9 Å². The van der Waals surface area contributed by atoms with Crippen molar-refractivity contribution in [2.45, 2.75) is 250 Å². The Bertz CT molecular complexity index is 1480. The van der Waals surface area contributed by atoms with Crippen molar-refractivity contribution < 1.29 is 58.2 Å². The average Bonchev–Trinajstić information content (AvgIpc) is 3.33. The zero-order valence-electron chi connectivity index (χ0n) is 43.0. The van der Waals surface area contributed by atoms with Gasteiger partial charge < -0.3 is 39.0 Å². The molecule has 6 unspecified atom stereocenters. The number of carbonyl (C=O) groups excluding carboxylic acids is 3. The SMILES string of the molecule is CC/C=C\C/C=C\C/C=C\C/C=C\CCCCCCC(=O)OC1C(OCC(COC(=O)CCCCCCC/C=C\CCCC)OC(=O)CCCCCCC/C=C\CCCC)OC(C(=O)O)C(O)C1O. The maximum absolute atomic E-state index is 13.0. The molecule has 1 fully saturated rings. The van der Waals surface area contributed by atoms with Gasteiger partial charge in [0.2, 0.25) is 0 Å². The van der Waals surface area contributed by atoms with Crippen LogP contribution in [0.5, 0.6) is 0 Å². The number of esters is 3. The highest BCUT2D eigenvalue weighted by atomic mass is 16.7. The van der Waals surface area contributed by atoms with Crippen molar-refractivity contribution in [3.8, 4) is 0 Å². The van der Waals surface area contributed by atoms with Crippen molar-refractivity contribution in [3.63, 3.8) is 0 Å². The Labute approximate surface area is 417 Å². The first-order valence-corrected chi connectivity index (χ1v) is 26.9. The molecule has 0 aromatic heterocycles. The Morgan fingerprint density at radius 3 is 1.41 bits per heavy atom. The van der Waals surface area contributed by atoms with Crippen molar-refractivity contribution in [3.05, 3.63) is 72.9 Å². The molecule has 0 aliphatic carbocycles. The Morgan fingerprint density at radius 2 is 0.913 bits per heavy atom. The number of aliphatic hydroxyl groups is 2. The fourth-order valence-electron chi connectivity index (χ4n) is 7.55. The van der Waals surface area contributed by atoms with E-state index in [0.29, 0.717) is 19.3 Å². The molecule has 1 aliphatic rings. The Kier molecular flexibility index (Phi) is 41.5. The molecule has 1 saturated heterocycles. The van der Waals surface area contributed by atoms with Crippen LogP contribution in [0.4, 0.5) is 0 Å². The average molecular weight is 971 g/mol. The number of allylic oxidation sites excluding steroid dienone is 12. The molecule has 0 aromatic carbocycles. The second kappa shape index (κ2) is 45.3. The van der Waals surface area contributed by atoms with Crippen molar-refractivity contribution in [1.82, 2.24) is 0 Å². The van der Waals surface area contributed by atoms with Crippen molar-refractivity contribution in [2.75, 3.05) is 13.2 Å². The largest absolute Gasteiger partial charge is 0.479 e. The number of unbranched alkanes of at least 4 members (excludes halogenated alkanes) is 18. The van der Waals surface area contributed by atoms with Crippen molar-refractivity contribution in [2.24, 2.45) is 0 Å². The molecule has 1 aliphatic heterocycles. The quantitative estimate of drug-likeness (QED) is 0.0228. The van der Waals surface area contributed by atoms with E-state index in [0.717, 1.165) is 128 Å². The summed E-state index contributed by atoms with van der Waals surface area (Å²) in [4.78, 5) is 50.8. The van der Waals surface area contributed by atoms with Gasteiger partial charge in [-0.25, -0.2) is 4.79 Å². The van der Waals surface area contributed by atoms with Crippen molar-refractivity contribution >= 4 is 23.9 Å². The van der Waals surface area contributed by atoms with Gasteiger partial charge in [-0.15, -0.1) is 0 Å². The third kappa shape index (κ3) is 35.8.